The molecule has 1 saturated carbocycles. The number of nitrogens with one attached hydrogen (secondary N) is 1. The molecule has 5 nitrogen and oxygen atoms in total. The van der Waals surface area contributed by atoms with Crippen LogP contribution in [0.5, 0.6) is 5.75 Å². The van der Waals surface area contributed by atoms with Crippen molar-refractivity contribution in [3.63, 3.8) is 0 Å². The number of hydrogen-bond donors (Lipinski definition) is 1. The highest BCUT2D eigenvalue weighted by Gasteiger charge is 2.22. The van der Waals surface area contributed by atoms with Gasteiger partial charge in [-0.15, -0.1) is 0 Å². The van der Waals surface area contributed by atoms with E-state index in [4.69, 9.17) is 9.47 Å². The van der Waals surface area contributed by atoms with E-state index in [1.165, 1.54) is 12.8 Å². The predicted octanol–water partition coefficient (Wildman–Crippen LogP) is 1.54. The van der Waals surface area contributed by atoms with Gasteiger partial charge < -0.3 is 19.7 Å². The molecule has 3 rings (SSSR count). The highest BCUT2D eigenvalue weighted by atomic mass is 16.5. The molecule has 2 aliphatic rings. The van der Waals surface area contributed by atoms with Gasteiger partial charge in [-0.2, -0.15) is 0 Å². The number of benzene rings is 1. The third-order valence-corrected chi connectivity index (χ3v) is 4.13. The van der Waals surface area contributed by atoms with Crippen molar-refractivity contribution in [1.29, 1.82) is 0 Å². The third kappa shape index (κ3) is 4.45. The van der Waals surface area contributed by atoms with Crippen molar-refractivity contribution < 1.29 is 14.3 Å². The standard InChI is InChI=1S/C17H24N2O3/c1-19-8-9-21-16(11-19)10-18-17(20)14-4-6-15(7-5-14)22-12-13-2-3-13/h4-7,13,16H,2-3,8-12H2,1H3,(H,18,20)/t16-/m0/s1. The molecule has 1 atom stereocenters. The summed E-state index contributed by atoms with van der Waals surface area (Å²) >= 11 is 0. The zero-order chi connectivity index (χ0) is 15.4. The van der Waals surface area contributed by atoms with Crippen molar-refractivity contribution in [2.75, 3.05) is 39.9 Å². The highest BCUT2D eigenvalue weighted by Crippen LogP contribution is 2.29. The van der Waals surface area contributed by atoms with E-state index in [-0.39, 0.29) is 12.0 Å². The average Bonchev–Trinajstić information content (AvgIpc) is 3.35. The van der Waals surface area contributed by atoms with Gasteiger partial charge in [-0.25, -0.2) is 0 Å². The van der Waals surface area contributed by atoms with Gasteiger partial charge in [0.2, 0.25) is 0 Å². The molecular weight excluding hydrogens is 280 g/mol. The topological polar surface area (TPSA) is 50.8 Å². The van der Waals surface area contributed by atoms with Crippen LogP contribution < -0.4 is 10.1 Å². The lowest BCUT2D eigenvalue weighted by Gasteiger charge is -2.30. The molecule has 0 radical (unpaired) electrons. The van der Waals surface area contributed by atoms with Crippen LogP contribution >= 0.6 is 0 Å². The summed E-state index contributed by atoms with van der Waals surface area (Å²) in [5, 5.41) is 2.94. The van der Waals surface area contributed by atoms with Gasteiger partial charge in [0.15, 0.2) is 0 Å². The Labute approximate surface area is 131 Å². The number of morpholine rings is 1. The summed E-state index contributed by atoms with van der Waals surface area (Å²) in [6.45, 7) is 3.87. The highest BCUT2D eigenvalue weighted by molar-refractivity contribution is 5.94. The molecule has 0 bridgehead atoms. The molecule has 1 aliphatic heterocycles. The SMILES string of the molecule is CN1CCO[C@@H](CNC(=O)c2ccc(OCC3CC3)cc2)C1. The van der Waals surface area contributed by atoms with Gasteiger partial charge in [0.1, 0.15) is 5.75 Å². The van der Waals surface area contributed by atoms with Crippen LogP contribution in [0.25, 0.3) is 0 Å². The Bertz CT molecular complexity index is 499. The first-order valence-corrected chi connectivity index (χ1v) is 8.02. The molecule has 1 aliphatic carbocycles. The minimum atomic E-state index is -0.0643. The number of carbonyl (C=O) groups excluding carboxylic acids is 1. The number of ether oxygens (including phenoxy) is 2. The number of hydrogen-bond acceptors (Lipinski definition) is 4. The molecule has 22 heavy (non-hydrogen) atoms. The van der Waals surface area contributed by atoms with Gasteiger partial charge in [0.25, 0.3) is 5.91 Å². The van der Waals surface area contributed by atoms with E-state index in [0.717, 1.165) is 38.0 Å². The molecule has 1 aromatic carbocycles. The summed E-state index contributed by atoms with van der Waals surface area (Å²) in [5.74, 6) is 1.50. The lowest BCUT2D eigenvalue weighted by Crippen LogP contribution is -2.45. The monoisotopic (exact) mass is 304 g/mol. The zero-order valence-electron chi connectivity index (χ0n) is 13.1. The summed E-state index contributed by atoms with van der Waals surface area (Å²) in [4.78, 5) is 14.3. The van der Waals surface area contributed by atoms with Crippen molar-refractivity contribution in [3.05, 3.63) is 29.8 Å². The second kappa shape index (κ2) is 7.11. The Kier molecular flexibility index (Phi) is 4.95. The predicted molar refractivity (Wildman–Crippen MR) is 84.2 cm³/mol. The van der Waals surface area contributed by atoms with E-state index in [1.807, 2.05) is 24.3 Å². The van der Waals surface area contributed by atoms with E-state index in [1.54, 1.807) is 0 Å². The summed E-state index contributed by atoms with van der Waals surface area (Å²) < 4.78 is 11.3. The quantitative estimate of drug-likeness (QED) is 0.866. The summed E-state index contributed by atoms with van der Waals surface area (Å²) in [6, 6.07) is 7.35. The van der Waals surface area contributed by atoms with Crippen molar-refractivity contribution in [2.45, 2.75) is 18.9 Å². The van der Waals surface area contributed by atoms with E-state index >= 15 is 0 Å². The maximum absolute atomic E-state index is 12.1. The summed E-state index contributed by atoms with van der Waals surface area (Å²) in [7, 11) is 2.07. The number of likely N-dealkylation sites (N-methyl/N-ethyl adjacent to an activating group) is 1. The Morgan fingerprint density at radius 1 is 1.36 bits per heavy atom. The molecule has 5 heteroatoms. The average molecular weight is 304 g/mol. The molecule has 0 spiro atoms. The molecule has 2 fully saturated rings. The van der Waals surface area contributed by atoms with Crippen LogP contribution in [-0.2, 0) is 4.74 Å². The fraction of sp³-hybridized carbons (Fsp3) is 0.588. The Morgan fingerprint density at radius 2 is 2.14 bits per heavy atom. The van der Waals surface area contributed by atoms with Crippen LogP contribution in [0.4, 0.5) is 0 Å². The third-order valence-electron chi connectivity index (χ3n) is 4.13. The van der Waals surface area contributed by atoms with Crippen LogP contribution in [0.1, 0.15) is 23.2 Å². The first kappa shape index (κ1) is 15.3. The van der Waals surface area contributed by atoms with Crippen molar-refractivity contribution >= 4 is 5.91 Å². The first-order valence-electron chi connectivity index (χ1n) is 8.02. The van der Waals surface area contributed by atoms with E-state index in [2.05, 4.69) is 17.3 Å². The number of amides is 1. The minimum absolute atomic E-state index is 0.0643. The number of carbonyl (C=O) groups is 1. The molecular formula is C17H24N2O3. The molecule has 120 valence electrons. The number of nitrogens with zero attached hydrogens (tertiary/aromatic N) is 1. The Morgan fingerprint density at radius 3 is 2.82 bits per heavy atom. The zero-order valence-corrected chi connectivity index (χ0v) is 13.1. The molecule has 1 saturated heterocycles. The fourth-order valence-corrected chi connectivity index (χ4v) is 2.50. The smallest absolute Gasteiger partial charge is 0.251 e. The normalized spacial score (nSPS) is 22.3. The summed E-state index contributed by atoms with van der Waals surface area (Å²) in [5.41, 5.74) is 0.655. The Balaban J connectivity index is 1.44. The molecule has 0 aromatic heterocycles. The lowest BCUT2D eigenvalue weighted by molar-refractivity contribution is -0.0175. The van der Waals surface area contributed by atoms with Crippen molar-refractivity contribution in [3.8, 4) is 5.75 Å². The second-order valence-electron chi connectivity index (χ2n) is 6.24. The molecule has 1 N–H and O–H groups in total. The molecule has 1 amide bonds. The fourth-order valence-electron chi connectivity index (χ4n) is 2.50. The second-order valence-corrected chi connectivity index (χ2v) is 6.24. The Hall–Kier alpha value is -1.59. The van der Waals surface area contributed by atoms with Gasteiger partial charge in [-0.1, -0.05) is 0 Å². The minimum Gasteiger partial charge on any atom is -0.493 e. The van der Waals surface area contributed by atoms with Crippen molar-refractivity contribution in [1.82, 2.24) is 10.2 Å². The van der Waals surface area contributed by atoms with Gasteiger partial charge in [-0.05, 0) is 50.1 Å². The van der Waals surface area contributed by atoms with Gasteiger partial charge in [0.05, 0.1) is 19.3 Å². The van der Waals surface area contributed by atoms with Crippen LogP contribution in [0.15, 0.2) is 24.3 Å². The van der Waals surface area contributed by atoms with Crippen LogP contribution in [0, 0.1) is 5.92 Å². The summed E-state index contributed by atoms with van der Waals surface area (Å²) in [6.07, 6.45) is 2.63. The molecule has 1 heterocycles. The van der Waals surface area contributed by atoms with Gasteiger partial charge in [-0.3, -0.25) is 4.79 Å². The maximum Gasteiger partial charge on any atom is 0.251 e. The molecule has 1 aromatic rings. The van der Waals surface area contributed by atoms with E-state index < -0.39 is 0 Å². The van der Waals surface area contributed by atoms with Crippen LogP contribution in [0.3, 0.4) is 0 Å². The first-order chi connectivity index (χ1) is 10.7. The van der Waals surface area contributed by atoms with Crippen LogP contribution in [-0.4, -0.2) is 56.8 Å². The van der Waals surface area contributed by atoms with Crippen molar-refractivity contribution in [2.24, 2.45) is 5.92 Å². The lowest BCUT2D eigenvalue weighted by atomic mass is 10.2. The largest absolute Gasteiger partial charge is 0.493 e. The maximum atomic E-state index is 12.1. The van der Waals surface area contributed by atoms with E-state index in [9.17, 15) is 4.79 Å². The number of rotatable bonds is 6. The van der Waals surface area contributed by atoms with Crippen LogP contribution in [0.2, 0.25) is 0 Å². The van der Waals surface area contributed by atoms with Gasteiger partial charge >= 0.3 is 0 Å². The van der Waals surface area contributed by atoms with Gasteiger partial charge in [0, 0.05) is 25.2 Å². The molecule has 0 unspecified atom stereocenters. The van der Waals surface area contributed by atoms with E-state index in [0.29, 0.717) is 12.1 Å².